The van der Waals surface area contributed by atoms with Crippen molar-refractivity contribution in [2.24, 2.45) is 0 Å². The minimum Gasteiger partial charge on any atom is -0.494 e. The first kappa shape index (κ1) is 12.6. The Morgan fingerprint density at radius 2 is 2.19 bits per heavy atom. The van der Waals surface area contributed by atoms with Crippen molar-refractivity contribution in [3.63, 3.8) is 0 Å². The molecule has 1 aromatic carbocycles. The van der Waals surface area contributed by atoms with Gasteiger partial charge < -0.3 is 4.74 Å². The summed E-state index contributed by atoms with van der Waals surface area (Å²) in [6, 6.07) is 6.45. The Balaban J connectivity index is 2.66. The fourth-order valence-corrected chi connectivity index (χ4v) is 1.81. The summed E-state index contributed by atoms with van der Waals surface area (Å²) in [5.74, 6) is 3.07. The predicted octanol–water partition coefficient (Wildman–Crippen LogP) is 1.88. The highest BCUT2D eigenvalue weighted by molar-refractivity contribution is 7.90. The lowest BCUT2D eigenvalue weighted by Gasteiger charge is -2.06. The van der Waals surface area contributed by atoms with Gasteiger partial charge in [-0.3, -0.25) is 0 Å². The third-order valence-corrected chi connectivity index (χ3v) is 3.08. The topological polar surface area (TPSA) is 43.4 Å². The van der Waals surface area contributed by atoms with Gasteiger partial charge in [-0.2, -0.15) is 0 Å². The highest BCUT2D eigenvalue weighted by atomic mass is 32.2. The standard InChI is InChI=1S/C12H14O3S/c1-3-4-5-9-15-11-7-6-8-12(10-11)16(2,13)14/h1,6-8,10H,4-5,9H2,2H3. The largest absolute Gasteiger partial charge is 0.494 e. The number of sulfone groups is 1. The Labute approximate surface area is 96.4 Å². The molecular formula is C12H14O3S. The van der Waals surface area contributed by atoms with E-state index in [1.807, 2.05) is 0 Å². The second kappa shape index (κ2) is 5.57. The Morgan fingerprint density at radius 1 is 1.44 bits per heavy atom. The predicted molar refractivity (Wildman–Crippen MR) is 63.1 cm³/mol. The lowest BCUT2D eigenvalue weighted by Crippen LogP contribution is -2.00. The maximum atomic E-state index is 11.3. The highest BCUT2D eigenvalue weighted by Gasteiger charge is 2.07. The van der Waals surface area contributed by atoms with Crippen LogP contribution in [0.15, 0.2) is 29.2 Å². The lowest BCUT2D eigenvalue weighted by molar-refractivity contribution is 0.312. The molecule has 0 spiro atoms. The van der Waals surface area contributed by atoms with Crippen molar-refractivity contribution >= 4 is 9.84 Å². The number of hydrogen-bond donors (Lipinski definition) is 0. The molecule has 0 amide bonds. The van der Waals surface area contributed by atoms with E-state index >= 15 is 0 Å². The van der Waals surface area contributed by atoms with E-state index in [0.29, 0.717) is 18.8 Å². The Kier molecular flexibility index (Phi) is 4.39. The Morgan fingerprint density at radius 3 is 2.81 bits per heavy atom. The zero-order valence-corrected chi connectivity index (χ0v) is 9.96. The summed E-state index contributed by atoms with van der Waals surface area (Å²) in [5, 5.41) is 0. The summed E-state index contributed by atoms with van der Waals surface area (Å²) in [5.41, 5.74) is 0. The van der Waals surface area contributed by atoms with Crippen molar-refractivity contribution in [2.45, 2.75) is 17.7 Å². The fraction of sp³-hybridized carbons (Fsp3) is 0.333. The third kappa shape index (κ3) is 3.95. The number of rotatable bonds is 5. The first-order valence-corrected chi connectivity index (χ1v) is 6.79. The van der Waals surface area contributed by atoms with Gasteiger partial charge in [0.05, 0.1) is 11.5 Å². The van der Waals surface area contributed by atoms with Crippen LogP contribution in [0.4, 0.5) is 0 Å². The van der Waals surface area contributed by atoms with Gasteiger partial charge >= 0.3 is 0 Å². The molecule has 0 aliphatic carbocycles. The minimum atomic E-state index is -3.17. The number of terminal acetylenes is 1. The lowest BCUT2D eigenvalue weighted by atomic mass is 10.3. The van der Waals surface area contributed by atoms with Crippen molar-refractivity contribution in [3.05, 3.63) is 24.3 Å². The summed E-state index contributed by atoms with van der Waals surface area (Å²) in [6.45, 7) is 0.497. The first-order chi connectivity index (χ1) is 7.54. The molecule has 0 aliphatic heterocycles. The number of benzene rings is 1. The maximum absolute atomic E-state index is 11.3. The van der Waals surface area contributed by atoms with Gasteiger partial charge in [0.1, 0.15) is 5.75 Å². The Hall–Kier alpha value is -1.47. The van der Waals surface area contributed by atoms with Crippen molar-refractivity contribution in [1.82, 2.24) is 0 Å². The van der Waals surface area contributed by atoms with Gasteiger partial charge in [0.15, 0.2) is 9.84 Å². The molecule has 1 aromatic rings. The minimum absolute atomic E-state index is 0.266. The average Bonchev–Trinajstić information content (AvgIpc) is 2.24. The van der Waals surface area contributed by atoms with Gasteiger partial charge in [-0.15, -0.1) is 12.3 Å². The van der Waals surface area contributed by atoms with Crippen LogP contribution in [0.25, 0.3) is 0 Å². The van der Waals surface area contributed by atoms with E-state index in [2.05, 4.69) is 5.92 Å². The second-order valence-electron chi connectivity index (χ2n) is 3.40. The molecule has 0 fully saturated rings. The van der Waals surface area contributed by atoms with Crippen LogP contribution in [-0.2, 0) is 9.84 Å². The van der Waals surface area contributed by atoms with E-state index in [0.717, 1.165) is 6.42 Å². The van der Waals surface area contributed by atoms with E-state index in [1.54, 1.807) is 18.2 Å². The normalized spacial score (nSPS) is 10.8. The molecule has 3 nitrogen and oxygen atoms in total. The molecule has 0 bridgehead atoms. The van der Waals surface area contributed by atoms with Crippen LogP contribution in [0.3, 0.4) is 0 Å². The Bertz CT molecular complexity index is 483. The number of hydrogen-bond acceptors (Lipinski definition) is 3. The summed E-state index contributed by atoms with van der Waals surface area (Å²) < 4.78 is 27.9. The molecule has 0 radical (unpaired) electrons. The van der Waals surface area contributed by atoms with E-state index in [-0.39, 0.29) is 4.90 Å². The van der Waals surface area contributed by atoms with Gasteiger partial charge in [-0.1, -0.05) is 6.07 Å². The molecule has 0 aromatic heterocycles. The quantitative estimate of drug-likeness (QED) is 0.581. The second-order valence-corrected chi connectivity index (χ2v) is 5.42. The van der Waals surface area contributed by atoms with Gasteiger partial charge in [0.2, 0.25) is 0 Å². The van der Waals surface area contributed by atoms with Crippen LogP contribution < -0.4 is 4.74 Å². The summed E-state index contributed by atoms with van der Waals surface area (Å²) in [7, 11) is -3.17. The first-order valence-electron chi connectivity index (χ1n) is 4.90. The van der Waals surface area contributed by atoms with Crippen LogP contribution in [0.1, 0.15) is 12.8 Å². The molecule has 0 saturated heterocycles. The highest BCUT2D eigenvalue weighted by Crippen LogP contribution is 2.17. The number of unbranched alkanes of at least 4 members (excludes halogenated alkanes) is 1. The van der Waals surface area contributed by atoms with E-state index in [4.69, 9.17) is 11.2 Å². The molecule has 4 heteroatoms. The van der Waals surface area contributed by atoms with Crippen molar-refractivity contribution in [1.29, 1.82) is 0 Å². The summed E-state index contributed by atoms with van der Waals surface area (Å²) in [6.07, 6.45) is 7.70. The molecule has 0 saturated carbocycles. The molecule has 0 N–H and O–H groups in total. The van der Waals surface area contributed by atoms with Crippen LogP contribution in [0.5, 0.6) is 5.75 Å². The molecule has 16 heavy (non-hydrogen) atoms. The average molecular weight is 238 g/mol. The van der Waals surface area contributed by atoms with Crippen molar-refractivity contribution in [3.8, 4) is 18.1 Å². The molecule has 0 heterocycles. The van der Waals surface area contributed by atoms with Gasteiger partial charge in [0.25, 0.3) is 0 Å². The summed E-state index contributed by atoms with van der Waals surface area (Å²) in [4.78, 5) is 0.266. The van der Waals surface area contributed by atoms with Crippen molar-refractivity contribution in [2.75, 3.05) is 12.9 Å². The van der Waals surface area contributed by atoms with Gasteiger partial charge in [-0.05, 0) is 24.6 Å². The maximum Gasteiger partial charge on any atom is 0.175 e. The molecular weight excluding hydrogens is 224 g/mol. The van der Waals surface area contributed by atoms with E-state index in [1.165, 1.54) is 12.3 Å². The molecule has 0 aliphatic rings. The van der Waals surface area contributed by atoms with Crippen LogP contribution in [-0.4, -0.2) is 21.3 Å². The summed E-state index contributed by atoms with van der Waals surface area (Å²) >= 11 is 0. The third-order valence-electron chi connectivity index (χ3n) is 1.97. The van der Waals surface area contributed by atoms with Gasteiger partial charge in [-0.25, -0.2) is 8.42 Å². The van der Waals surface area contributed by atoms with Crippen LogP contribution in [0.2, 0.25) is 0 Å². The van der Waals surface area contributed by atoms with Gasteiger partial charge in [0, 0.05) is 12.7 Å². The molecule has 0 atom stereocenters. The molecule has 1 rings (SSSR count). The fourth-order valence-electron chi connectivity index (χ4n) is 1.16. The van der Waals surface area contributed by atoms with E-state index in [9.17, 15) is 8.42 Å². The zero-order valence-electron chi connectivity index (χ0n) is 9.14. The molecule has 0 unspecified atom stereocenters. The SMILES string of the molecule is C#CCCCOc1cccc(S(C)(=O)=O)c1. The smallest absolute Gasteiger partial charge is 0.175 e. The number of ether oxygens (including phenoxy) is 1. The zero-order chi connectivity index (χ0) is 12.0. The monoisotopic (exact) mass is 238 g/mol. The van der Waals surface area contributed by atoms with E-state index < -0.39 is 9.84 Å². The van der Waals surface area contributed by atoms with Crippen LogP contribution in [0, 0.1) is 12.3 Å². The van der Waals surface area contributed by atoms with Crippen LogP contribution >= 0.6 is 0 Å². The van der Waals surface area contributed by atoms with Crippen molar-refractivity contribution < 1.29 is 13.2 Å². The molecule has 86 valence electrons.